The molecular weight excluding hydrogens is 416 g/mol. The van der Waals surface area contributed by atoms with E-state index in [-0.39, 0.29) is 24.2 Å². The maximum Gasteiger partial charge on any atom is 0.254 e. The number of carbonyl (C=O) groups is 1. The van der Waals surface area contributed by atoms with Crippen LogP contribution in [0.1, 0.15) is 42.0 Å². The Morgan fingerprint density at radius 3 is 2.59 bits per heavy atom. The number of aliphatic hydroxyl groups is 1. The minimum absolute atomic E-state index is 0.0879. The number of aryl methyl sites for hydroxylation is 1. The zero-order valence-corrected chi connectivity index (χ0v) is 20.3. The first-order valence-corrected chi connectivity index (χ1v) is 15.3. The average molecular weight is 447 g/mol. The first-order valence-electron chi connectivity index (χ1n) is 11.6. The molecule has 5 nitrogen and oxygen atoms in total. The van der Waals surface area contributed by atoms with Gasteiger partial charge in [-0.3, -0.25) is 9.59 Å². The van der Waals surface area contributed by atoms with E-state index < -0.39 is 13.7 Å². The smallest absolute Gasteiger partial charge is 0.254 e. The van der Waals surface area contributed by atoms with Crippen molar-refractivity contribution in [2.75, 3.05) is 0 Å². The van der Waals surface area contributed by atoms with Gasteiger partial charge in [0.25, 0.3) is 5.56 Å². The van der Waals surface area contributed by atoms with Gasteiger partial charge >= 0.3 is 0 Å². The molecular formula is C26H30N2O3Si. The molecule has 3 heterocycles. The highest BCUT2D eigenvalue weighted by Crippen LogP contribution is 2.41. The molecule has 0 amide bonds. The number of hydrogen-bond acceptors (Lipinski definition) is 4. The molecule has 0 bridgehead atoms. The van der Waals surface area contributed by atoms with Gasteiger partial charge in [0.1, 0.15) is 5.60 Å². The number of Topliss-reactive ketones (excluding diaryl/α,β-unsaturated/α-hetero) is 1. The summed E-state index contributed by atoms with van der Waals surface area (Å²) in [5.74, 6) is -0.197. The number of para-hydroxylation sites is 1. The quantitative estimate of drug-likeness (QED) is 0.471. The Balaban J connectivity index is 1.76. The Bertz CT molecular complexity index is 1340. The van der Waals surface area contributed by atoms with Gasteiger partial charge in [-0.25, -0.2) is 4.98 Å². The van der Waals surface area contributed by atoms with Crippen molar-refractivity contribution in [2.24, 2.45) is 0 Å². The van der Waals surface area contributed by atoms with Gasteiger partial charge in [0.15, 0.2) is 5.78 Å². The highest BCUT2D eigenvalue weighted by Gasteiger charge is 2.43. The van der Waals surface area contributed by atoms with Gasteiger partial charge in [-0.15, -0.1) is 0 Å². The van der Waals surface area contributed by atoms with Crippen LogP contribution in [0, 0.1) is 0 Å². The summed E-state index contributed by atoms with van der Waals surface area (Å²) in [6.07, 6.45) is 1.84. The topological polar surface area (TPSA) is 72.2 Å². The van der Waals surface area contributed by atoms with Crippen LogP contribution in [-0.2, 0) is 29.8 Å². The van der Waals surface area contributed by atoms with Gasteiger partial charge < -0.3 is 9.67 Å². The fraction of sp³-hybridized carbons (Fsp3) is 0.423. The molecule has 1 aliphatic carbocycles. The Kier molecular flexibility index (Phi) is 4.80. The van der Waals surface area contributed by atoms with E-state index in [1.165, 1.54) is 11.6 Å². The van der Waals surface area contributed by atoms with Crippen LogP contribution in [-0.4, -0.2) is 28.5 Å². The van der Waals surface area contributed by atoms with Crippen LogP contribution in [0.3, 0.4) is 0 Å². The summed E-state index contributed by atoms with van der Waals surface area (Å²) in [6.45, 7) is 9.45. The number of carbonyl (C=O) groups excluding carboxylic acids is 1. The minimum Gasteiger partial charge on any atom is -0.377 e. The largest absolute Gasteiger partial charge is 0.377 e. The average Bonchev–Trinajstić information content (AvgIpc) is 3.12. The molecule has 0 saturated carbocycles. The van der Waals surface area contributed by atoms with Gasteiger partial charge in [0.2, 0.25) is 0 Å². The number of aromatic nitrogens is 2. The molecule has 1 N–H and O–H groups in total. The Morgan fingerprint density at radius 1 is 1.12 bits per heavy atom. The monoisotopic (exact) mass is 446 g/mol. The molecule has 0 fully saturated rings. The summed E-state index contributed by atoms with van der Waals surface area (Å²) < 4.78 is 1.80. The van der Waals surface area contributed by atoms with Crippen LogP contribution in [0.2, 0.25) is 25.7 Å². The predicted molar refractivity (Wildman–Crippen MR) is 130 cm³/mol. The number of fused-ring (bicyclic) bond motifs is 5. The van der Waals surface area contributed by atoms with Crippen molar-refractivity contribution in [3.63, 3.8) is 0 Å². The highest BCUT2D eigenvalue weighted by molar-refractivity contribution is 6.76. The van der Waals surface area contributed by atoms with E-state index in [0.717, 1.165) is 34.3 Å². The van der Waals surface area contributed by atoms with Crippen LogP contribution in [0.4, 0.5) is 0 Å². The molecule has 2 aromatic heterocycles. The van der Waals surface area contributed by atoms with Crippen LogP contribution >= 0.6 is 0 Å². The molecule has 166 valence electrons. The molecule has 1 aromatic carbocycles. The summed E-state index contributed by atoms with van der Waals surface area (Å²) >= 11 is 0. The number of ketones is 1. The van der Waals surface area contributed by atoms with E-state index >= 15 is 0 Å². The van der Waals surface area contributed by atoms with Crippen molar-refractivity contribution >= 4 is 24.8 Å². The third kappa shape index (κ3) is 3.11. The molecule has 6 heteroatoms. The van der Waals surface area contributed by atoms with Crippen LogP contribution in [0.15, 0.2) is 35.1 Å². The SMILES string of the molecule is CC[C@@]1(O)C(=O)CCc2c1cc1n(c2=O)Cc2c-1nc1ccccc1c2CC[Si](C)(C)C. The molecule has 0 radical (unpaired) electrons. The van der Waals surface area contributed by atoms with Gasteiger partial charge in [-0.1, -0.05) is 50.8 Å². The van der Waals surface area contributed by atoms with Crippen molar-refractivity contribution in [1.82, 2.24) is 9.55 Å². The van der Waals surface area contributed by atoms with Crippen molar-refractivity contribution in [3.05, 3.63) is 62.9 Å². The van der Waals surface area contributed by atoms with Gasteiger partial charge in [-0.05, 0) is 37.0 Å². The molecule has 5 rings (SSSR count). The Labute approximate surface area is 189 Å². The summed E-state index contributed by atoms with van der Waals surface area (Å²) in [5, 5.41) is 12.4. The van der Waals surface area contributed by atoms with Crippen LogP contribution in [0.5, 0.6) is 0 Å². The van der Waals surface area contributed by atoms with Gasteiger partial charge in [-0.2, -0.15) is 0 Å². The molecule has 0 spiro atoms. The number of rotatable bonds is 4. The fourth-order valence-corrected chi connectivity index (χ4v) is 6.28. The molecule has 3 aromatic rings. The second kappa shape index (κ2) is 7.22. The summed E-state index contributed by atoms with van der Waals surface area (Å²) in [4.78, 5) is 31.1. The molecule has 1 atom stereocenters. The maximum atomic E-state index is 13.5. The predicted octanol–water partition coefficient (Wildman–Crippen LogP) is 4.42. The molecule has 2 aliphatic rings. The van der Waals surface area contributed by atoms with Crippen molar-refractivity contribution in [2.45, 2.75) is 70.4 Å². The van der Waals surface area contributed by atoms with E-state index in [2.05, 4.69) is 25.7 Å². The van der Waals surface area contributed by atoms with Crippen molar-refractivity contribution in [3.8, 4) is 11.4 Å². The Hall–Kier alpha value is -2.57. The summed E-state index contributed by atoms with van der Waals surface area (Å²) in [6, 6.07) is 11.2. The lowest BCUT2D eigenvalue weighted by atomic mass is 9.77. The van der Waals surface area contributed by atoms with E-state index in [4.69, 9.17) is 4.98 Å². The molecule has 32 heavy (non-hydrogen) atoms. The highest BCUT2D eigenvalue weighted by atomic mass is 28.3. The third-order valence-corrected chi connectivity index (χ3v) is 8.97. The lowest BCUT2D eigenvalue weighted by Crippen LogP contribution is -2.43. The van der Waals surface area contributed by atoms with Gasteiger partial charge in [0, 0.05) is 36.6 Å². The minimum atomic E-state index is -1.58. The number of nitrogens with zero attached hydrogens (tertiary/aromatic N) is 2. The second-order valence-electron chi connectivity index (χ2n) is 10.4. The Morgan fingerprint density at radius 2 is 1.88 bits per heavy atom. The lowest BCUT2D eigenvalue weighted by Gasteiger charge is -2.32. The standard InChI is InChI=1S/C26H30N2O3Si/c1-5-26(31)20-14-22-24-19(15-28(22)25(30)18(20)10-11-23(26)29)16(12-13-32(2,3)4)17-8-6-7-9-21(17)27-24/h6-9,14,31H,5,10-13,15H2,1-4H3/t26-/m0/s1. The van der Waals surface area contributed by atoms with E-state index in [1.807, 2.05) is 24.3 Å². The van der Waals surface area contributed by atoms with Crippen molar-refractivity contribution < 1.29 is 9.90 Å². The normalized spacial score (nSPS) is 19.7. The second-order valence-corrected chi connectivity index (χ2v) is 16.1. The fourth-order valence-electron chi connectivity index (χ4n) is 5.28. The zero-order valence-electron chi connectivity index (χ0n) is 19.3. The summed E-state index contributed by atoms with van der Waals surface area (Å²) in [7, 11) is -1.26. The lowest BCUT2D eigenvalue weighted by molar-refractivity contribution is -0.140. The number of benzene rings is 1. The third-order valence-electron chi connectivity index (χ3n) is 7.22. The van der Waals surface area contributed by atoms with E-state index in [1.54, 1.807) is 11.5 Å². The molecule has 0 unspecified atom stereocenters. The first kappa shape index (κ1) is 21.3. The van der Waals surface area contributed by atoms with Gasteiger partial charge in [0.05, 0.1) is 23.4 Å². The van der Waals surface area contributed by atoms with Crippen LogP contribution in [0.25, 0.3) is 22.3 Å². The van der Waals surface area contributed by atoms with Crippen molar-refractivity contribution in [1.29, 1.82) is 0 Å². The number of pyridine rings is 2. The van der Waals surface area contributed by atoms with E-state index in [9.17, 15) is 14.7 Å². The summed E-state index contributed by atoms with van der Waals surface area (Å²) in [5.41, 5.74) is 4.28. The number of hydrogen-bond donors (Lipinski definition) is 1. The van der Waals surface area contributed by atoms with E-state index in [0.29, 0.717) is 24.1 Å². The first-order chi connectivity index (χ1) is 15.1. The molecule has 0 saturated heterocycles. The zero-order chi connectivity index (χ0) is 22.8. The van der Waals surface area contributed by atoms with Crippen LogP contribution < -0.4 is 5.56 Å². The maximum absolute atomic E-state index is 13.5. The molecule has 1 aliphatic heterocycles.